The number of aromatic hydroxyl groups is 1. The molecule has 0 aliphatic heterocycles. The summed E-state index contributed by atoms with van der Waals surface area (Å²) in [6.45, 7) is 2.01. The first-order valence-electron chi connectivity index (χ1n) is 6.28. The second kappa shape index (κ2) is 5.41. The van der Waals surface area contributed by atoms with Crippen LogP contribution >= 0.6 is 0 Å². The van der Waals surface area contributed by atoms with E-state index in [2.05, 4.69) is 5.32 Å². The van der Waals surface area contributed by atoms with Crippen LogP contribution in [0, 0.1) is 6.92 Å². The second-order valence-corrected chi connectivity index (χ2v) is 4.86. The third kappa shape index (κ3) is 3.13. The zero-order chi connectivity index (χ0) is 12.3. The number of hydrogen-bond donors (Lipinski definition) is 2. The van der Waals surface area contributed by atoms with Crippen molar-refractivity contribution in [3.05, 3.63) is 23.8 Å². The van der Waals surface area contributed by atoms with Crippen molar-refractivity contribution in [3.8, 4) is 5.75 Å². The van der Waals surface area contributed by atoms with Crippen LogP contribution in [0.5, 0.6) is 5.75 Å². The van der Waals surface area contributed by atoms with Crippen LogP contribution in [0.25, 0.3) is 0 Å². The molecule has 0 aromatic heterocycles. The Bertz CT molecular complexity index is 378. The molecule has 0 radical (unpaired) electrons. The minimum Gasteiger partial charge on any atom is -0.508 e. The standard InChI is InChI=1S/C14H21NO2/c1-10-8-12(16)6-7-14(10)15-11-4-3-5-13(9-11)17-2/h6-8,11,13,15-16H,3-5,9H2,1-2H3. The first-order valence-corrected chi connectivity index (χ1v) is 6.28. The van der Waals surface area contributed by atoms with Gasteiger partial charge in [-0.15, -0.1) is 0 Å². The van der Waals surface area contributed by atoms with Gasteiger partial charge >= 0.3 is 0 Å². The number of aryl methyl sites for hydroxylation is 1. The van der Waals surface area contributed by atoms with Crippen molar-refractivity contribution in [1.82, 2.24) is 0 Å². The van der Waals surface area contributed by atoms with Gasteiger partial charge in [-0.1, -0.05) is 0 Å². The lowest BCUT2D eigenvalue weighted by Gasteiger charge is -2.30. The van der Waals surface area contributed by atoms with Crippen LogP contribution in [0.4, 0.5) is 5.69 Å². The lowest BCUT2D eigenvalue weighted by molar-refractivity contribution is 0.0669. The average Bonchev–Trinajstić information content (AvgIpc) is 2.33. The van der Waals surface area contributed by atoms with Crippen LogP contribution in [-0.4, -0.2) is 24.4 Å². The first-order chi connectivity index (χ1) is 8.19. The Labute approximate surface area is 103 Å². The molecule has 2 N–H and O–H groups in total. The highest BCUT2D eigenvalue weighted by atomic mass is 16.5. The van der Waals surface area contributed by atoms with Gasteiger partial charge in [0.25, 0.3) is 0 Å². The number of anilines is 1. The summed E-state index contributed by atoms with van der Waals surface area (Å²) in [5.41, 5.74) is 2.20. The van der Waals surface area contributed by atoms with Crippen molar-refractivity contribution >= 4 is 5.69 Å². The zero-order valence-electron chi connectivity index (χ0n) is 10.6. The summed E-state index contributed by atoms with van der Waals surface area (Å²) in [6.07, 6.45) is 5.03. The minimum absolute atomic E-state index is 0.325. The molecule has 2 rings (SSSR count). The number of phenols is 1. The molecule has 0 spiro atoms. The Hall–Kier alpha value is -1.22. The van der Waals surface area contributed by atoms with E-state index in [-0.39, 0.29) is 0 Å². The van der Waals surface area contributed by atoms with Gasteiger partial charge in [0.05, 0.1) is 6.10 Å². The molecule has 17 heavy (non-hydrogen) atoms. The van der Waals surface area contributed by atoms with Gasteiger partial charge in [0, 0.05) is 18.8 Å². The SMILES string of the molecule is COC1CCCC(Nc2ccc(O)cc2C)C1. The second-order valence-electron chi connectivity index (χ2n) is 4.86. The maximum Gasteiger partial charge on any atom is 0.115 e. The molecule has 3 heteroatoms. The van der Waals surface area contributed by atoms with Crippen molar-refractivity contribution in [2.75, 3.05) is 12.4 Å². The van der Waals surface area contributed by atoms with Gasteiger partial charge < -0.3 is 15.2 Å². The Morgan fingerprint density at radius 2 is 2.18 bits per heavy atom. The van der Waals surface area contributed by atoms with Crippen LogP contribution in [0.3, 0.4) is 0 Å². The molecule has 1 fully saturated rings. The number of ether oxygens (including phenoxy) is 1. The number of rotatable bonds is 3. The average molecular weight is 235 g/mol. The number of methoxy groups -OCH3 is 1. The molecule has 1 aromatic rings. The van der Waals surface area contributed by atoms with Gasteiger partial charge in [-0.05, 0) is 56.4 Å². The van der Waals surface area contributed by atoms with E-state index in [0.717, 1.165) is 17.7 Å². The quantitative estimate of drug-likeness (QED) is 0.791. The predicted molar refractivity (Wildman–Crippen MR) is 69.5 cm³/mol. The van der Waals surface area contributed by atoms with Gasteiger partial charge in [0.15, 0.2) is 0 Å². The van der Waals surface area contributed by atoms with Crippen LogP contribution in [0.15, 0.2) is 18.2 Å². The van der Waals surface area contributed by atoms with E-state index in [9.17, 15) is 5.11 Å². The monoisotopic (exact) mass is 235 g/mol. The maximum atomic E-state index is 9.38. The molecule has 1 saturated carbocycles. The molecule has 0 heterocycles. The lowest BCUT2D eigenvalue weighted by Crippen LogP contribution is -2.31. The maximum absolute atomic E-state index is 9.38. The molecule has 0 amide bonds. The van der Waals surface area contributed by atoms with Crippen molar-refractivity contribution in [2.45, 2.75) is 44.8 Å². The third-order valence-corrected chi connectivity index (χ3v) is 3.53. The molecule has 1 aliphatic rings. The molecule has 2 unspecified atom stereocenters. The normalized spacial score (nSPS) is 24.6. The summed E-state index contributed by atoms with van der Waals surface area (Å²) in [5.74, 6) is 0.325. The summed E-state index contributed by atoms with van der Waals surface area (Å²) < 4.78 is 5.43. The topological polar surface area (TPSA) is 41.5 Å². The van der Waals surface area contributed by atoms with Crippen molar-refractivity contribution in [3.63, 3.8) is 0 Å². The molecule has 1 aromatic carbocycles. The molecule has 1 aliphatic carbocycles. The minimum atomic E-state index is 0.325. The fraction of sp³-hybridized carbons (Fsp3) is 0.571. The third-order valence-electron chi connectivity index (χ3n) is 3.53. The van der Waals surface area contributed by atoms with Gasteiger partial charge in [-0.3, -0.25) is 0 Å². The largest absolute Gasteiger partial charge is 0.508 e. The van der Waals surface area contributed by atoms with E-state index in [1.54, 1.807) is 19.2 Å². The molecule has 3 nitrogen and oxygen atoms in total. The number of phenolic OH excluding ortho intramolecular Hbond substituents is 1. The summed E-state index contributed by atoms with van der Waals surface area (Å²) in [4.78, 5) is 0. The summed E-state index contributed by atoms with van der Waals surface area (Å²) in [6, 6.07) is 5.95. The van der Waals surface area contributed by atoms with E-state index < -0.39 is 0 Å². The first kappa shape index (κ1) is 12.2. The van der Waals surface area contributed by atoms with E-state index >= 15 is 0 Å². The fourth-order valence-electron chi connectivity index (χ4n) is 2.52. The van der Waals surface area contributed by atoms with Crippen LogP contribution < -0.4 is 5.32 Å². The number of hydrogen-bond acceptors (Lipinski definition) is 3. The Balaban J connectivity index is 2.00. The van der Waals surface area contributed by atoms with Gasteiger partial charge in [0.2, 0.25) is 0 Å². The van der Waals surface area contributed by atoms with Crippen molar-refractivity contribution in [2.24, 2.45) is 0 Å². The molecule has 0 saturated heterocycles. The lowest BCUT2D eigenvalue weighted by atomic mass is 9.92. The number of nitrogens with one attached hydrogen (secondary N) is 1. The number of benzene rings is 1. The highest BCUT2D eigenvalue weighted by Gasteiger charge is 2.21. The highest BCUT2D eigenvalue weighted by Crippen LogP contribution is 2.26. The van der Waals surface area contributed by atoms with Crippen LogP contribution in [0.2, 0.25) is 0 Å². The summed E-state index contributed by atoms with van der Waals surface area (Å²) in [5, 5.41) is 12.9. The smallest absolute Gasteiger partial charge is 0.115 e. The summed E-state index contributed by atoms with van der Waals surface area (Å²) in [7, 11) is 1.79. The van der Waals surface area contributed by atoms with Gasteiger partial charge in [0.1, 0.15) is 5.75 Å². The molecule has 0 bridgehead atoms. The Morgan fingerprint density at radius 1 is 1.35 bits per heavy atom. The molecule has 94 valence electrons. The Kier molecular flexibility index (Phi) is 3.89. The molecule has 2 atom stereocenters. The zero-order valence-corrected chi connectivity index (χ0v) is 10.6. The van der Waals surface area contributed by atoms with E-state index in [1.807, 2.05) is 13.0 Å². The molecular weight excluding hydrogens is 214 g/mol. The van der Waals surface area contributed by atoms with Gasteiger partial charge in [-0.2, -0.15) is 0 Å². The van der Waals surface area contributed by atoms with Crippen LogP contribution in [-0.2, 0) is 4.74 Å². The van der Waals surface area contributed by atoms with Crippen molar-refractivity contribution < 1.29 is 9.84 Å². The predicted octanol–water partition coefficient (Wildman–Crippen LogP) is 3.07. The van der Waals surface area contributed by atoms with E-state index in [0.29, 0.717) is 17.9 Å². The molecular formula is C14H21NO2. The van der Waals surface area contributed by atoms with Gasteiger partial charge in [-0.25, -0.2) is 0 Å². The van der Waals surface area contributed by atoms with E-state index in [4.69, 9.17) is 4.74 Å². The van der Waals surface area contributed by atoms with Crippen molar-refractivity contribution in [1.29, 1.82) is 0 Å². The van der Waals surface area contributed by atoms with Crippen LogP contribution in [0.1, 0.15) is 31.2 Å². The van der Waals surface area contributed by atoms with E-state index in [1.165, 1.54) is 19.3 Å². The fourth-order valence-corrected chi connectivity index (χ4v) is 2.52. The Morgan fingerprint density at radius 3 is 2.88 bits per heavy atom. The summed E-state index contributed by atoms with van der Waals surface area (Å²) >= 11 is 0. The highest BCUT2D eigenvalue weighted by molar-refractivity contribution is 5.53.